The molecule has 1 aliphatic heterocycles. The summed E-state index contributed by atoms with van der Waals surface area (Å²) in [6.07, 6.45) is -4.75. The number of alkyl halides is 4. The molecule has 2 N–H and O–H groups in total. The largest absolute Gasteiger partial charge is 0.408 e. The number of amides is 5. The highest BCUT2D eigenvalue weighted by atomic mass is 19.4. The maximum atomic E-state index is 15.4. The molecule has 2 heterocycles. The van der Waals surface area contributed by atoms with Crippen LogP contribution in [0.1, 0.15) is 36.2 Å². The quantitative estimate of drug-likeness (QED) is 0.289. The number of nitrogens with one attached hydrogen (secondary N) is 2. The highest BCUT2D eigenvalue weighted by molar-refractivity contribution is 6.10. The normalized spacial score (nSPS) is 19.9. The molecule has 16 heteroatoms. The third-order valence-electron chi connectivity index (χ3n) is 7.95. The molecule has 3 atom stereocenters. The summed E-state index contributed by atoms with van der Waals surface area (Å²) in [4.78, 5) is 52.2. The number of fused-ring (bicyclic) bond motifs is 2. The fourth-order valence-corrected chi connectivity index (χ4v) is 5.47. The Morgan fingerprint density at radius 3 is 2.49 bits per heavy atom. The molecule has 45 heavy (non-hydrogen) atoms. The highest BCUT2D eigenvalue weighted by Gasteiger charge is 2.59. The van der Waals surface area contributed by atoms with Gasteiger partial charge in [0.25, 0.3) is 5.91 Å². The SMILES string of the molecule is CNC(=O)Cn1cc(-c2cc3c(cc2F)C2(CC3F)NC(=O)N(CC(=O)N(Cc3ccc(F)cc3)[C@@H](C)C(F)(F)F)C2=O)cn1. The topological polar surface area (TPSA) is 117 Å². The van der Waals surface area contributed by atoms with Gasteiger partial charge in [-0.15, -0.1) is 0 Å². The van der Waals surface area contributed by atoms with E-state index in [1.54, 1.807) is 0 Å². The average Bonchev–Trinajstić information content (AvgIpc) is 3.62. The van der Waals surface area contributed by atoms with Gasteiger partial charge in [0, 0.05) is 37.3 Å². The zero-order chi connectivity index (χ0) is 32.8. The molecule has 3 aromatic rings. The Morgan fingerprint density at radius 2 is 1.84 bits per heavy atom. The monoisotopic (exact) mass is 636 g/mol. The molecule has 2 aromatic carbocycles. The molecule has 10 nitrogen and oxygen atoms in total. The van der Waals surface area contributed by atoms with Crippen LogP contribution in [-0.4, -0.2) is 69.1 Å². The fourth-order valence-electron chi connectivity index (χ4n) is 5.47. The van der Waals surface area contributed by atoms with Crippen molar-refractivity contribution >= 4 is 23.8 Å². The van der Waals surface area contributed by atoms with E-state index >= 15 is 8.78 Å². The lowest BCUT2D eigenvalue weighted by molar-refractivity contribution is -0.187. The summed E-state index contributed by atoms with van der Waals surface area (Å²) in [5.74, 6) is -4.30. The molecule has 1 saturated heterocycles. The summed E-state index contributed by atoms with van der Waals surface area (Å²) in [5.41, 5.74) is -2.14. The summed E-state index contributed by atoms with van der Waals surface area (Å²) in [7, 11) is 1.43. The van der Waals surface area contributed by atoms with Gasteiger partial charge in [-0.3, -0.25) is 24.0 Å². The first-order valence-corrected chi connectivity index (χ1v) is 13.6. The first-order chi connectivity index (χ1) is 21.1. The zero-order valence-electron chi connectivity index (χ0n) is 23.8. The Morgan fingerprint density at radius 1 is 1.16 bits per heavy atom. The molecule has 5 rings (SSSR count). The van der Waals surface area contributed by atoms with Gasteiger partial charge in [0.05, 0.1) is 6.20 Å². The Labute approximate surface area is 252 Å². The fraction of sp³-hybridized carbons (Fsp3) is 0.345. The second kappa shape index (κ2) is 11.6. The van der Waals surface area contributed by atoms with Crippen molar-refractivity contribution in [1.82, 2.24) is 30.2 Å². The molecular weight excluding hydrogens is 610 g/mol. The molecule has 238 valence electrons. The van der Waals surface area contributed by atoms with Crippen molar-refractivity contribution in [3.8, 4) is 11.1 Å². The van der Waals surface area contributed by atoms with Crippen LogP contribution < -0.4 is 10.6 Å². The molecule has 0 radical (unpaired) electrons. The van der Waals surface area contributed by atoms with Crippen molar-refractivity contribution in [1.29, 1.82) is 0 Å². The van der Waals surface area contributed by atoms with E-state index in [0.717, 1.165) is 31.2 Å². The van der Waals surface area contributed by atoms with E-state index in [4.69, 9.17) is 0 Å². The summed E-state index contributed by atoms with van der Waals surface area (Å²) >= 11 is 0. The summed E-state index contributed by atoms with van der Waals surface area (Å²) in [6, 6.07) is 2.91. The molecule has 1 spiro atoms. The lowest BCUT2D eigenvalue weighted by atomic mass is 9.90. The minimum absolute atomic E-state index is 0.0852. The number of aromatic nitrogens is 2. The molecule has 1 aromatic heterocycles. The summed E-state index contributed by atoms with van der Waals surface area (Å²) in [6.45, 7) is -1.17. The van der Waals surface area contributed by atoms with Gasteiger partial charge in [-0.1, -0.05) is 12.1 Å². The maximum Gasteiger partial charge on any atom is 0.408 e. The van der Waals surface area contributed by atoms with E-state index in [9.17, 15) is 36.7 Å². The van der Waals surface area contributed by atoms with Crippen LogP contribution in [0.4, 0.5) is 31.1 Å². The molecule has 1 aliphatic carbocycles. The first-order valence-electron chi connectivity index (χ1n) is 13.6. The lowest BCUT2D eigenvalue weighted by Crippen LogP contribution is -2.51. The van der Waals surface area contributed by atoms with E-state index in [-0.39, 0.29) is 40.3 Å². The number of imide groups is 1. The third-order valence-corrected chi connectivity index (χ3v) is 7.95. The van der Waals surface area contributed by atoms with Gasteiger partial charge in [0.1, 0.15) is 42.5 Å². The Balaban J connectivity index is 1.42. The summed E-state index contributed by atoms with van der Waals surface area (Å²) in [5, 5.41) is 8.74. The van der Waals surface area contributed by atoms with Gasteiger partial charge >= 0.3 is 12.2 Å². The van der Waals surface area contributed by atoms with Crippen LogP contribution in [0.3, 0.4) is 0 Å². The second-order valence-electron chi connectivity index (χ2n) is 10.8. The smallest absolute Gasteiger partial charge is 0.358 e. The Bertz CT molecular complexity index is 1680. The zero-order valence-corrected chi connectivity index (χ0v) is 23.8. The second-order valence-corrected chi connectivity index (χ2v) is 10.8. The number of hydrogen-bond acceptors (Lipinski definition) is 5. The van der Waals surface area contributed by atoms with Gasteiger partial charge in [-0.2, -0.15) is 18.3 Å². The molecule has 2 aliphatic rings. The minimum atomic E-state index is -4.88. The van der Waals surface area contributed by atoms with E-state index in [0.29, 0.717) is 9.80 Å². The highest BCUT2D eigenvalue weighted by Crippen LogP contribution is 2.50. The summed E-state index contributed by atoms with van der Waals surface area (Å²) < 4.78 is 86.5. The number of benzene rings is 2. The van der Waals surface area contributed by atoms with Crippen LogP contribution in [0.2, 0.25) is 0 Å². The van der Waals surface area contributed by atoms with Crippen LogP contribution in [0.5, 0.6) is 0 Å². The van der Waals surface area contributed by atoms with Crippen LogP contribution in [0.25, 0.3) is 11.1 Å². The molecule has 5 amide bonds. The standard InChI is InChI=1S/C29H26F6N6O4/c1-15(29(33,34)35)40(11-16-3-5-18(30)6-4-16)25(43)14-41-26(44)28(38-27(41)45)9-23(32)20-7-19(22(31)8-21(20)28)17-10-37-39(12-17)13-24(42)36-2/h3-8,10,12,15,23H,9,11,13-14H2,1-2H3,(H,36,42)(H,38,45)/t15-,23?,28?/m0/s1. The minimum Gasteiger partial charge on any atom is -0.358 e. The number of rotatable bonds is 8. The predicted octanol–water partition coefficient (Wildman–Crippen LogP) is 3.72. The van der Waals surface area contributed by atoms with E-state index in [2.05, 4.69) is 15.7 Å². The van der Waals surface area contributed by atoms with Crippen LogP contribution >= 0.6 is 0 Å². The van der Waals surface area contributed by atoms with Crippen molar-refractivity contribution in [2.45, 2.75) is 50.4 Å². The van der Waals surface area contributed by atoms with Crippen molar-refractivity contribution in [3.63, 3.8) is 0 Å². The Kier molecular flexibility index (Phi) is 8.10. The predicted molar refractivity (Wildman–Crippen MR) is 145 cm³/mol. The van der Waals surface area contributed by atoms with Crippen molar-refractivity contribution in [2.75, 3.05) is 13.6 Å². The molecular formula is C29H26F6N6O4. The molecule has 0 saturated carbocycles. The Hall–Kier alpha value is -4.89. The number of carbonyl (C=O) groups is 4. The number of hydrogen-bond donors (Lipinski definition) is 2. The number of likely N-dealkylation sites (N-methyl/N-ethyl adjacent to an activating group) is 1. The number of urea groups is 1. The van der Waals surface area contributed by atoms with Gasteiger partial charge in [0.15, 0.2) is 0 Å². The van der Waals surface area contributed by atoms with E-state index < -0.39 is 72.9 Å². The van der Waals surface area contributed by atoms with Crippen LogP contribution in [0, 0.1) is 11.6 Å². The number of carbonyl (C=O) groups excluding carboxylic acids is 4. The van der Waals surface area contributed by atoms with Crippen molar-refractivity contribution in [3.05, 3.63) is 77.1 Å². The number of halogens is 6. The van der Waals surface area contributed by atoms with Crippen molar-refractivity contribution in [2.24, 2.45) is 0 Å². The van der Waals surface area contributed by atoms with Gasteiger partial charge in [-0.25, -0.2) is 18.0 Å². The first kappa shape index (κ1) is 31.5. The lowest BCUT2D eigenvalue weighted by Gasteiger charge is -2.32. The maximum absolute atomic E-state index is 15.4. The molecule has 2 unspecified atom stereocenters. The van der Waals surface area contributed by atoms with Gasteiger partial charge in [-0.05, 0) is 47.9 Å². The van der Waals surface area contributed by atoms with Crippen molar-refractivity contribution < 1.29 is 45.5 Å². The number of nitrogens with zero attached hydrogens (tertiary/aromatic N) is 4. The average molecular weight is 637 g/mol. The molecule has 0 bridgehead atoms. The van der Waals surface area contributed by atoms with E-state index in [1.165, 1.54) is 36.3 Å². The van der Waals surface area contributed by atoms with Gasteiger partial charge in [0.2, 0.25) is 11.8 Å². The third kappa shape index (κ3) is 5.83. The van der Waals surface area contributed by atoms with Gasteiger partial charge < -0.3 is 15.5 Å². The molecule has 1 fully saturated rings. The van der Waals surface area contributed by atoms with E-state index in [1.807, 2.05) is 0 Å². The van der Waals surface area contributed by atoms with Crippen LogP contribution in [-0.2, 0) is 33.0 Å². The van der Waals surface area contributed by atoms with Crippen LogP contribution in [0.15, 0.2) is 48.8 Å².